The Morgan fingerprint density at radius 3 is 2.56 bits per heavy atom. The summed E-state index contributed by atoms with van der Waals surface area (Å²) in [6.07, 6.45) is 1.39. The fourth-order valence-corrected chi connectivity index (χ4v) is 1.34. The Hall–Kier alpha value is -2.41. The van der Waals surface area contributed by atoms with E-state index < -0.39 is 0 Å². The van der Waals surface area contributed by atoms with Gasteiger partial charge < -0.3 is 4.74 Å². The Labute approximate surface area is 93.2 Å². The summed E-state index contributed by atoms with van der Waals surface area (Å²) in [5.74, 6) is 0.790. The lowest BCUT2D eigenvalue weighted by Crippen LogP contribution is -1.89. The molecule has 0 spiro atoms. The van der Waals surface area contributed by atoms with Gasteiger partial charge in [0.1, 0.15) is 23.8 Å². The van der Waals surface area contributed by atoms with Gasteiger partial charge in [0.25, 0.3) is 0 Å². The van der Waals surface area contributed by atoms with Gasteiger partial charge in [-0.05, 0) is 24.3 Å². The molecular formula is C12H9N3O. The number of nitrogens with zero attached hydrogens (tertiary/aromatic N) is 3. The van der Waals surface area contributed by atoms with Gasteiger partial charge in [0.15, 0.2) is 0 Å². The molecule has 0 aliphatic carbocycles. The van der Waals surface area contributed by atoms with Gasteiger partial charge in [-0.15, -0.1) is 0 Å². The third-order valence-corrected chi connectivity index (χ3v) is 2.17. The lowest BCUT2D eigenvalue weighted by atomic mass is 10.1. The van der Waals surface area contributed by atoms with Crippen LogP contribution >= 0.6 is 0 Å². The lowest BCUT2D eigenvalue weighted by Gasteiger charge is -2.02. The highest BCUT2D eigenvalue weighted by Gasteiger charge is 2.01. The van der Waals surface area contributed by atoms with Crippen molar-refractivity contribution in [2.24, 2.45) is 0 Å². The van der Waals surface area contributed by atoms with E-state index in [1.54, 1.807) is 13.2 Å². The van der Waals surface area contributed by atoms with E-state index >= 15 is 0 Å². The van der Waals surface area contributed by atoms with Gasteiger partial charge in [-0.25, -0.2) is 9.97 Å². The van der Waals surface area contributed by atoms with Crippen LogP contribution in [0.3, 0.4) is 0 Å². The van der Waals surface area contributed by atoms with Crippen LogP contribution in [0.4, 0.5) is 0 Å². The Morgan fingerprint density at radius 1 is 1.19 bits per heavy atom. The molecule has 0 bridgehead atoms. The molecule has 4 nitrogen and oxygen atoms in total. The van der Waals surface area contributed by atoms with Crippen molar-refractivity contribution in [3.8, 4) is 23.1 Å². The fraction of sp³-hybridized carbons (Fsp3) is 0.0833. The molecule has 0 N–H and O–H groups in total. The number of hydrogen-bond donors (Lipinski definition) is 0. The minimum Gasteiger partial charge on any atom is -0.497 e. The molecule has 1 heterocycles. The zero-order valence-electron chi connectivity index (χ0n) is 8.71. The van der Waals surface area contributed by atoms with Gasteiger partial charge in [-0.1, -0.05) is 0 Å². The van der Waals surface area contributed by atoms with Crippen molar-refractivity contribution in [2.45, 2.75) is 0 Å². The van der Waals surface area contributed by atoms with Crippen molar-refractivity contribution < 1.29 is 4.74 Å². The first kappa shape index (κ1) is 10.1. The van der Waals surface area contributed by atoms with E-state index in [1.165, 1.54) is 6.33 Å². The normalized spacial score (nSPS) is 9.50. The van der Waals surface area contributed by atoms with E-state index in [2.05, 4.69) is 9.97 Å². The third kappa shape index (κ3) is 1.98. The molecule has 1 aromatic carbocycles. The highest BCUT2D eigenvalue weighted by Crippen LogP contribution is 2.20. The molecule has 0 atom stereocenters. The van der Waals surface area contributed by atoms with Crippen LogP contribution in [0.15, 0.2) is 36.7 Å². The predicted molar refractivity (Wildman–Crippen MR) is 58.7 cm³/mol. The van der Waals surface area contributed by atoms with Crippen molar-refractivity contribution in [2.75, 3.05) is 7.11 Å². The summed E-state index contributed by atoms with van der Waals surface area (Å²) in [6.45, 7) is 0. The topological polar surface area (TPSA) is 58.8 Å². The standard InChI is InChI=1S/C12H9N3O/c1-16-11-4-2-9(3-5-11)12-6-10(7-13)14-8-15-12/h2-6,8H,1H3. The maximum atomic E-state index is 8.73. The van der Waals surface area contributed by atoms with Crippen LogP contribution in [-0.4, -0.2) is 17.1 Å². The highest BCUT2D eigenvalue weighted by atomic mass is 16.5. The molecule has 0 amide bonds. The molecule has 0 unspecified atom stereocenters. The molecule has 78 valence electrons. The maximum absolute atomic E-state index is 8.73. The van der Waals surface area contributed by atoms with Gasteiger partial charge >= 0.3 is 0 Å². The Balaban J connectivity index is 2.39. The van der Waals surface area contributed by atoms with Crippen LogP contribution in [0.5, 0.6) is 5.75 Å². The summed E-state index contributed by atoms with van der Waals surface area (Å²) in [5.41, 5.74) is 2.02. The first-order valence-corrected chi connectivity index (χ1v) is 4.70. The number of nitriles is 1. The van der Waals surface area contributed by atoms with Gasteiger partial charge in [-0.3, -0.25) is 0 Å². The van der Waals surface area contributed by atoms with Crippen molar-refractivity contribution in [3.63, 3.8) is 0 Å². The van der Waals surface area contributed by atoms with Gasteiger partial charge in [0.2, 0.25) is 0 Å². The Kier molecular flexibility index (Phi) is 2.79. The molecule has 0 radical (unpaired) electrons. The molecule has 4 heteroatoms. The van der Waals surface area contributed by atoms with E-state index in [0.717, 1.165) is 17.0 Å². The van der Waals surface area contributed by atoms with Gasteiger partial charge in [0, 0.05) is 11.6 Å². The second-order valence-corrected chi connectivity index (χ2v) is 3.13. The van der Waals surface area contributed by atoms with Gasteiger partial charge in [0.05, 0.1) is 12.8 Å². The summed E-state index contributed by atoms with van der Waals surface area (Å²) >= 11 is 0. The molecule has 16 heavy (non-hydrogen) atoms. The Bertz CT molecular complexity index is 529. The van der Waals surface area contributed by atoms with E-state index in [1.807, 2.05) is 30.3 Å². The summed E-state index contributed by atoms with van der Waals surface area (Å²) in [6, 6.07) is 11.1. The summed E-state index contributed by atoms with van der Waals surface area (Å²) in [5, 5.41) is 8.73. The third-order valence-electron chi connectivity index (χ3n) is 2.17. The van der Waals surface area contributed by atoms with Crippen LogP contribution in [0.1, 0.15) is 5.69 Å². The summed E-state index contributed by atoms with van der Waals surface area (Å²) < 4.78 is 5.06. The largest absolute Gasteiger partial charge is 0.497 e. The average molecular weight is 211 g/mol. The number of ether oxygens (including phenoxy) is 1. The van der Waals surface area contributed by atoms with E-state index in [9.17, 15) is 0 Å². The fourth-order valence-electron chi connectivity index (χ4n) is 1.34. The van der Waals surface area contributed by atoms with Crippen LogP contribution in [0, 0.1) is 11.3 Å². The molecule has 0 saturated carbocycles. The molecule has 2 aromatic rings. The van der Waals surface area contributed by atoms with Crippen LogP contribution in [-0.2, 0) is 0 Å². The van der Waals surface area contributed by atoms with E-state index in [4.69, 9.17) is 10.00 Å². The van der Waals surface area contributed by atoms with Crippen molar-refractivity contribution in [1.29, 1.82) is 5.26 Å². The second-order valence-electron chi connectivity index (χ2n) is 3.13. The average Bonchev–Trinajstić information content (AvgIpc) is 2.39. The lowest BCUT2D eigenvalue weighted by molar-refractivity contribution is 0.415. The molecule has 0 aliphatic rings. The van der Waals surface area contributed by atoms with Gasteiger partial charge in [-0.2, -0.15) is 5.26 Å². The SMILES string of the molecule is COc1ccc(-c2cc(C#N)ncn2)cc1. The predicted octanol–water partition coefficient (Wildman–Crippen LogP) is 2.02. The number of hydrogen-bond acceptors (Lipinski definition) is 4. The molecule has 0 aliphatic heterocycles. The minimum atomic E-state index is 0.362. The second kappa shape index (κ2) is 4.41. The first-order chi connectivity index (χ1) is 7.83. The molecular weight excluding hydrogens is 202 g/mol. The Morgan fingerprint density at radius 2 is 1.94 bits per heavy atom. The molecule has 2 rings (SSSR count). The molecule has 0 fully saturated rings. The number of benzene rings is 1. The van der Waals surface area contributed by atoms with E-state index in [0.29, 0.717) is 5.69 Å². The zero-order valence-corrected chi connectivity index (χ0v) is 8.71. The minimum absolute atomic E-state index is 0.362. The smallest absolute Gasteiger partial charge is 0.144 e. The van der Waals surface area contributed by atoms with Crippen LogP contribution < -0.4 is 4.74 Å². The van der Waals surface area contributed by atoms with Crippen LogP contribution in [0.2, 0.25) is 0 Å². The van der Waals surface area contributed by atoms with Crippen molar-refractivity contribution in [1.82, 2.24) is 9.97 Å². The zero-order chi connectivity index (χ0) is 11.4. The van der Waals surface area contributed by atoms with E-state index in [-0.39, 0.29) is 0 Å². The monoisotopic (exact) mass is 211 g/mol. The maximum Gasteiger partial charge on any atom is 0.144 e. The number of methoxy groups -OCH3 is 1. The molecule has 1 aromatic heterocycles. The summed E-state index contributed by atoms with van der Waals surface area (Å²) in [7, 11) is 1.62. The molecule has 0 saturated heterocycles. The quantitative estimate of drug-likeness (QED) is 0.762. The number of rotatable bonds is 2. The summed E-state index contributed by atoms with van der Waals surface area (Å²) in [4.78, 5) is 7.93. The van der Waals surface area contributed by atoms with Crippen molar-refractivity contribution in [3.05, 3.63) is 42.4 Å². The van der Waals surface area contributed by atoms with Crippen molar-refractivity contribution >= 4 is 0 Å². The number of aromatic nitrogens is 2. The van der Waals surface area contributed by atoms with Crippen LogP contribution in [0.25, 0.3) is 11.3 Å². The highest BCUT2D eigenvalue weighted by molar-refractivity contribution is 5.60. The first-order valence-electron chi connectivity index (χ1n) is 4.70.